The molecule has 1 amide bonds. The molecule has 3 heterocycles. The van der Waals surface area contributed by atoms with Gasteiger partial charge < -0.3 is 15.1 Å². The third-order valence-electron chi connectivity index (χ3n) is 7.05. The number of anilines is 1. The first-order valence-corrected chi connectivity index (χ1v) is 11.8. The highest BCUT2D eigenvalue weighted by molar-refractivity contribution is 6.42. The summed E-state index contributed by atoms with van der Waals surface area (Å²) in [5.74, 6) is 1.83. The molecule has 2 saturated heterocycles. The molecule has 3 aliphatic rings. The Morgan fingerprint density at radius 1 is 1.06 bits per heavy atom. The van der Waals surface area contributed by atoms with Crippen molar-refractivity contribution >= 4 is 59.7 Å². The molecular formula is C23H29Cl4N5O. The minimum absolute atomic E-state index is 0. The van der Waals surface area contributed by atoms with Gasteiger partial charge in [0.1, 0.15) is 12.1 Å². The number of benzene rings is 1. The zero-order valence-corrected chi connectivity index (χ0v) is 21.6. The molecule has 1 aromatic carbocycles. The maximum Gasteiger partial charge on any atom is 0.227 e. The third-order valence-corrected chi connectivity index (χ3v) is 7.79. The largest absolute Gasteiger partial charge is 0.353 e. The predicted molar refractivity (Wildman–Crippen MR) is 138 cm³/mol. The molecule has 10 heteroatoms. The number of rotatable bonds is 3. The molecule has 1 aromatic heterocycles. The predicted octanol–water partition coefficient (Wildman–Crippen LogP) is 4.33. The minimum Gasteiger partial charge on any atom is -0.353 e. The SMILES string of the molecule is C[C@@H]1CCc2ncnc(N3CCN(C(=O)C4CNCC4c4ccc(Cl)c(Cl)c4)CC3)c21.Cl.Cl. The first-order chi connectivity index (χ1) is 15.0. The summed E-state index contributed by atoms with van der Waals surface area (Å²) in [4.78, 5) is 26.8. The van der Waals surface area contributed by atoms with E-state index in [2.05, 4.69) is 27.1 Å². The Balaban J connectivity index is 0.00000153. The molecule has 5 rings (SSSR count). The smallest absolute Gasteiger partial charge is 0.227 e. The normalized spacial score (nSPS) is 24.2. The average molecular weight is 533 g/mol. The van der Waals surface area contributed by atoms with Gasteiger partial charge >= 0.3 is 0 Å². The second-order valence-corrected chi connectivity index (χ2v) is 9.67. The van der Waals surface area contributed by atoms with E-state index in [9.17, 15) is 4.79 Å². The van der Waals surface area contributed by atoms with Gasteiger partial charge in [0.15, 0.2) is 0 Å². The number of nitrogens with one attached hydrogen (secondary N) is 1. The lowest BCUT2D eigenvalue weighted by Crippen LogP contribution is -2.51. The van der Waals surface area contributed by atoms with Crippen molar-refractivity contribution in [1.82, 2.24) is 20.2 Å². The van der Waals surface area contributed by atoms with Crippen LogP contribution in [0, 0.1) is 5.92 Å². The second-order valence-electron chi connectivity index (χ2n) is 8.85. The summed E-state index contributed by atoms with van der Waals surface area (Å²) >= 11 is 12.3. The van der Waals surface area contributed by atoms with Crippen molar-refractivity contribution < 1.29 is 4.79 Å². The summed E-state index contributed by atoms with van der Waals surface area (Å²) in [6.45, 7) is 6.78. The fourth-order valence-corrected chi connectivity index (χ4v) is 5.59. The van der Waals surface area contributed by atoms with Crippen LogP contribution in [0.15, 0.2) is 24.5 Å². The molecule has 2 aliphatic heterocycles. The Morgan fingerprint density at radius 2 is 1.82 bits per heavy atom. The summed E-state index contributed by atoms with van der Waals surface area (Å²) in [5, 5.41) is 4.47. The number of nitrogens with zero attached hydrogens (tertiary/aromatic N) is 4. The van der Waals surface area contributed by atoms with Crippen LogP contribution in [0.5, 0.6) is 0 Å². The maximum absolute atomic E-state index is 13.4. The fraction of sp³-hybridized carbons (Fsp3) is 0.522. The Labute approximate surface area is 217 Å². The van der Waals surface area contributed by atoms with Crippen molar-refractivity contribution in [3.63, 3.8) is 0 Å². The fourth-order valence-electron chi connectivity index (χ4n) is 5.28. The number of carbonyl (C=O) groups excluding carboxylic acids is 1. The Bertz CT molecular complexity index is 999. The molecule has 0 spiro atoms. The summed E-state index contributed by atoms with van der Waals surface area (Å²) in [7, 11) is 0. The highest BCUT2D eigenvalue weighted by Crippen LogP contribution is 2.38. The van der Waals surface area contributed by atoms with E-state index in [4.69, 9.17) is 23.2 Å². The molecule has 2 unspecified atom stereocenters. The Morgan fingerprint density at radius 3 is 2.55 bits per heavy atom. The number of amides is 1. The standard InChI is InChI=1S/C23H27Cl2N5O.2ClH/c1-14-2-5-20-21(14)22(28-13-27-20)29-6-8-30(9-7-29)23(31)17-12-26-11-16(17)15-3-4-18(24)19(25)10-15;;/h3-4,10,13-14,16-17,26H,2,5-9,11-12H2,1H3;2*1H/t14-,16?,17?;;/m1../s1. The van der Waals surface area contributed by atoms with Crippen LogP contribution in [0.2, 0.25) is 10.0 Å². The van der Waals surface area contributed by atoms with Crippen LogP contribution in [-0.4, -0.2) is 60.0 Å². The monoisotopic (exact) mass is 531 g/mol. The number of halogens is 4. The molecular weight excluding hydrogens is 504 g/mol. The molecule has 3 atom stereocenters. The summed E-state index contributed by atoms with van der Waals surface area (Å²) in [5.41, 5.74) is 3.57. The van der Waals surface area contributed by atoms with E-state index < -0.39 is 0 Å². The number of fused-ring (bicyclic) bond motifs is 1. The lowest BCUT2D eigenvalue weighted by molar-refractivity contribution is -0.135. The summed E-state index contributed by atoms with van der Waals surface area (Å²) in [6, 6.07) is 5.70. The van der Waals surface area contributed by atoms with E-state index in [0.717, 1.165) is 56.9 Å². The van der Waals surface area contributed by atoms with Crippen LogP contribution >= 0.6 is 48.0 Å². The molecule has 0 bridgehead atoms. The van der Waals surface area contributed by atoms with Crippen molar-refractivity contribution in [3.05, 3.63) is 51.4 Å². The van der Waals surface area contributed by atoms with Gasteiger partial charge in [0.25, 0.3) is 0 Å². The number of hydrogen-bond acceptors (Lipinski definition) is 5. The first kappa shape index (κ1) is 26.3. The van der Waals surface area contributed by atoms with Gasteiger partial charge in [-0.2, -0.15) is 0 Å². The maximum atomic E-state index is 13.4. The van der Waals surface area contributed by atoms with Crippen LogP contribution in [0.3, 0.4) is 0 Å². The van der Waals surface area contributed by atoms with E-state index in [-0.39, 0.29) is 42.6 Å². The van der Waals surface area contributed by atoms with Crippen molar-refractivity contribution in [2.45, 2.75) is 31.6 Å². The van der Waals surface area contributed by atoms with Crippen LogP contribution in [-0.2, 0) is 11.2 Å². The van der Waals surface area contributed by atoms with E-state index in [1.54, 1.807) is 6.33 Å². The molecule has 180 valence electrons. The molecule has 1 N–H and O–H groups in total. The van der Waals surface area contributed by atoms with Gasteiger partial charge in [0.2, 0.25) is 5.91 Å². The molecule has 2 fully saturated rings. The molecule has 2 aromatic rings. The molecule has 1 aliphatic carbocycles. The number of hydrogen-bond donors (Lipinski definition) is 1. The molecule has 6 nitrogen and oxygen atoms in total. The molecule has 33 heavy (non-hydrogen) atoms. The topological polar surface area (TPSA) is 61.4 Å². The van der Waals surface area contributed by atoms with Gasteiger partial charge in [0.05, 0.1) is 16.0 Å². The van der Waals surface area contributed by atoms with Crippen molar-refractivity contribution in [3.8, 4) is 0 Å². The zero-order valence-electron chi connectivity index (χ0n) is 18.5. The number of piperazine rings is 1. The summed E-state index contributed by atoms with van der Waals surface area (Å²) in [6.07, 6.45) is 3.87. The number of aromatic nitrogens is 2. The highest BCUT2D eigenvalue weighted by atomic mass is 35.5. The highest BCUT2D eigenvalue weighted by Gasteiger charge is 2.38. The lowest BCUT2D eigenvalue weighted by Gasteiger charge is -2.38. The average Bonchev–Trinajstić information content (AvgIpc) is 3.43. The van der Waals surface area contributed by atoms with Gasteiger partial charge in [-0.3, -0.25) is 4.79 Å². The minimum atomic E-state index is -0.0767. The van der Waals surface area contributed by atoms with Gasteiger partial charge in [-0.05, 0) is 36.5 Å². The third kappa shape index (κ3) is 5.06. The quantitative estimate of drug-likeness (QED) is 0.637. The van der Waals surface area contributed by atoms with Gasteiger partial charge in [-0.25, -0.2) is 9.97 Å². The van der Waals surface area contributed by atoms with Crippen LogP contribution in [0.1, 0.15) is 42.0 Å². The summed E-state index contributed by atoms with van der Waals surface area (Å²) < 4.78 is 0. The molecule has 0 saturated carbocycles. The number of carbonyl (C=O) groups is 1. The zero-order chi connectivity index (χ0) is 21.5. The first-order valence-electron chi connectivity index (χ1n) is 11.1. The Hall–Kier alpha value is -1.31. The Kier molecular flexibility index (Phi) is 8.73. The van der Waals surface area contributed by atoms with E-state index in [1.807, 2.05) is 23.1 Å². The number of aryl methyl sites for hydroxylation is 1. The van der Waals surface area contributed by atoms with Crippen LogP contribution in [0.25, 0.3) is 0 Å². The molecule has 0 radical (unpaired) electrons. The van der Waals surface area contributed by atoms with Crippen LogP contribution in [0.4, 0.5) is 5.82 Å². The van der Waals surface area contributed by atoms with Gasteiger partial charge in [0, 0.05) is 56.4 Å². The lowest BCUT2D eigenvalue weighted by atomic mass is 9.88. The van der Waals surface area contributed by atoms with E-state index >= 15 is 0 Å². The van der Waals surface area contributed by atoms with Crippen molar-refractivity contribution in [2.75, 3.05) is 44.2 Å². The van der Waals surface area contributed by atoms with E-state index in [0.29, 0.717) is 22.5 Å². The van der Waals surface area contributed by atoms with Crippen molar-refractivity contribution in [2.24, 2.45) is 5.92 Å². The van der Waals surface area contributed by atoms with Crippen molar-refractivity contribution in [1.29, 1.82) is 0 Å². The second kappa shape index (κ2) is 11.0. The van der Waals surface area contributed by atoms with Gasteiger partial charge in [-0.15, -0.1) is 24.8 Å². The van der Waals surface area contributed by atoms with E-state index in [1.165, 1.54) is 11.3 Å². The van der Waals surface area contributed by atoms with Crippen LogP contribution < -0.4 is 10.2 Å². The van der Waals surface area contributed by atoms with Gasteiger partial charge in [-0.1, -0.05) is 36.2 Å².